The number of aryl methyl sites for hydroxylation is 1. The smallest absolute Gasteiger partial charge is 0.277 e. The van der Waals surface area contributed by atoms with Crippen molar-refractivity contribution in [2.45, 2.75) is 44.4 Å². The van der Waals surface area contributed by atoms with Crippen molar-refractivity contribution in [2.24, 2.45) is 0 Å². The number of thioether (sulfide) groups is 1. The van der Waals surface area contributed by atoms with E-state index in [0.29, 0.717) is 22.9 Å². The molecule has 2 aromatic rings. The summed E-state index contributed by atoms with van der Waals surface area (Å²) >= 11 is 1.31. The quantitative estimate of drug-likeness (QED) is 0.802. The number of piperidine rings is 1. The van der Waals surface area contributed by atoms with Crippen molar-refractivity contribution in [3.05, 3.63) is 29.8 Å². The number of nitrogens with zero attached hydrogens (tertiary/aromatic N) is 3. The van der Waals surface area contributed by atoms with Gasteiger partial charge in [0.1, 0.15) is 0 Å². The van der Waals surface area contributed by atoms with Crippen LogP contribution in [0.1, 0.15) is 31.7 Å². The van der Waals surface area contributed by atoms with Gasteiger partial charge in [-0.3, -0.25) is 4.79 Å². The molecule has 0 bridgehead atoms. The minimum absolute atomic E-state index is 0.150. The number of rotatable bonds is 4. The fourth-order valence-corrected chi connectivity index (χ4v) is 3.49. The van der Waals surface area contributed by atoms with Crippen LogP contribution in [0.2, 0.25) is 0 Å². The summed E-state index contributed by atoms with van der Waals surface area (Å²) in [6.07, 6.45) is 3.40. The fourth-order valence-electron chi connectivity index (χ4n) is 2.84. The Labute approximate surface area is 140 Å². The normalized spacial score (nSPS) is 18.2. The van der Waals surface area contributed by atoms with Crippen molar-refractivity contribution >= 4 is 17.7 Å². The van der Waals surface area contributed by atoms with Crippen LogP contribution in [0, 0.1) is 6.92 Å². The molecule has 1 aliphatic heterocycles. The molecule has 0 radical (unpaired) electrons. The predicted molar refractivity (Wildman–Crippen MR) is 90.2 cm³/mol. The Morgan fingerprint density at radius 1 is 1.39 bits per heavy atom. The lowest BCUT2D eigenvalue weighted by Gasteiger charge is -2.33. The summed E-state index contributed by atoms with van der Waals surface area (Å²) in [7, 11) is 0. The summed E-state index contributed by atoms with van der Waals surface area (Å²) in [4.78, 5) is 14.3. The molecule has 1 aromatic heterocycles. The highest BCUT2D eigenvalue weighted by molar-refractivity contribution is 7.99. The molecule has 0 aliphatic carbocycles. The molecule has 1 aromatic carbocycles. The summed E-state index contributed by atoms with van der Waals surface area (Å²) < 4.78 is 5.66. The average Bonchev–Trinajstić information content (AvgIpc) is 3.02. The van der Waals surface area contributed by atoms with E-state index in [1.165, 1.54) is 18.2 Å². The SMILES string of the molecule is Cc1cccc(-c2nnc(SCC(=O)N3CCCC[C@@H]3C)o2)c1. The maximum atomic E-state index is 12.3. The van der Waals surface area contributed by atoms with Crippen LogP contribution >= 0.6 is 11.8 Å². The molecule has 1 aliphatic rings. The van der Waals surface area contributed by atoms with Crippen LogP contribution in [0.4, 0.5) is 0 Å². The first-order valence-corrected chi connectivity index (χ1v) is 8.95. The molecule has 1 amide bonds. The van der Waals surface area contributed by atoms with Gasteiger partial charge in [0, 0.05) is 18.2 Å². The van der Waals surface area contributed by atoms with E-state index in [2.05, 4.69) is 17.1 Å². The van der Waals surface area contributed by atoms with Gasteiger partial charge in [0.25, 0.3) is 5.22 Å². The molecule has 3 rings (SSSR count). The van der Waals surface area contributed by atoms with E-state index < -0.39 is 0 Å². The first kappa shape index (κ1) is 16.1. The lowest BCUT2D eigenvalue weighted by molar-refractivity contribution is -0.131. The van der Waals surface area contributed by atoms with E-state index in [-0.39, 0.29) is 5.91 Å². The third-order valence-electron chi connectivity index (χ3n) is 4.11. The van der Waals surface area contributed by atoms with Crippen molar-refractivity contribution in [3.63, 3.8) is 0 Å². The average molecular weight is 331 g/mol. The number of carbonyl (C=O) groups is 1. The van der Waals surface area contributed by atoms with Crippen molar-refractivity contribution < 1.29 is 9.21 Å². The zero-order chi connectivity index (χ0) is 16.2. The highest BCUT2D eigenvalue weighted by atomic mass is 32.2. The van der Waals surface area contributed by atoms with Gasteiger partial charge in [0.2, 0.25) is 11.8 Å². The predicted octanol–water partition coefficient (Wildman–Crippen LogP) is 3.54. The number of likely N-dealkylation sites (tertiary alicyclic amines) is 1. The highest BCUT2D eigenvalue weighted by Gasteiger charge is 2.23. The topological polar surface area (TPSA) is 59.2 Å². The zero-order valence-electron chi connectivity index (χ0n) is 13.5. The molecule has 5 nitrogen and oxygen atoms in total. The molecule has 6 heteroatoms. The Bertz CT molecular complexity index is 686. The lowest BCUT2D eigenvalue weighted by Crippen LogP contribution is -2.42. The molecular weight excluding hydrogens is 310 g/mol. The van der Waals surface area contributed by atoms with Crippen LogP contribution in [-0.4, -0.2) is 39.3 Å². The Morgan fingerprint density at radius 3 is 3.04 bits per heavy atom. The van der Waals surface area contributed by atoms with E-state index in [9.17, 15) is 4.79 Å². The summed E-state index contributed by atoms with van der Waals surface area (Å²) in [5, 5.41) is 8.55. The van der Waals surface area contributed by atoms with E-state index in [4.69, 9.17) is 4.42 Å². The number of amides is 1. The molecule has 1 fully saturated rings. The zero-order valence-corrected chi connectivity index (χ0v) is 14.3. The first-order valence-electron chi connectivity index (χ1n) is 7.96. The standard InChI is InChI=1S/C17H21N3O2S/c1-12-6-5-8-14(10-12)16-18-19-17(22-16)23-11-15(21)20-9-4-3-7-13(20)2/h5-6,8,10,13H,3-4,7,9,11H2,1-2H3/t13-/m0/s1. The maximum Gasteiger partial charge on any atom is 0.277 e. The van der Waals surface area contributed by atoms with Crippen LogP contribution in [0.5, 0.6) is 0 Å². The first-order chi connectivity index (χ1) is 11.1. The monoisotopic (exact) mass is 331 g/mol. The Morgan fingerprint density at radius 2 is 2.26 bits per heavy atom. The number of aromatic nitrogens is 2. The van der Waals surface area contributed by atoms with Crippen LogP contribution in [-0.2, 0) is 4.79 Å². The van der Waals surface area contributed by atoms with Gasteiger partial charge in [-0.2, -0.15) is 0 Å². The van der Waals surface area contributed by atoms with Gasteiger partial charge in [-0.05, 0) is 45.2 Å². The molecule has 1 saturated heterocycles. The van der Waals surface area contributed by atoms with Crippen molar-refractivity contribution in [1.82, 2.24) is 15.1 Å². The van der Waals surface area contributed by atoms with E-state index in [1.54, 1.807) is 0 Å². The molecule has 0 unspecified atom stereocenters. The van der Waals surface area contributed by atoms with Gasteiger partial charge in [-0.15, -0.1) is 10.2 Å². The molecule has 2 heterocycles. The molecule has 23 heavy (non-hydrogen) atoms. The van der Waals surface area contributed by atoms with Crippen molar-refractivity contribution in [1.29, 1.82) is 0 Å². The molecule has 122 valence electrons. The van der Waals surface area contributed by atoms with E-state index in [1.807, 2.05) is 36.1 Å². The minimum atomic E-state index is 0.150. The van der Waals surface area contributed by atoms with Crippen LogP contribution in [0.15, 0.2) is 33.9 Å². The molecule has 0 N–H and O–H groups in total. The Kier molecular flexibility index (Phi) is 5.00. The minimum Gasteiger partial charge on any atom is -0.411 e. The van der Waals surface area contributed by atoms with Crippen molar-refractivity contribution in [3.8, 4) is 11.5 Å². The van der Waals surface area contributed by atoms with Crippen molar-refractivity contribution in [2.75, 3.05) is 12.3 Å². The Hall–Kier alpha value is -1.82. The third kappa shape index (κ3) is 3.93. The molecule has 1 atom stereocenters. The number of hydrogen-bond acceptors (Lipinski definition) is 5. The van der Waals surface area contributed by atoms with Gasteiger partial charge in [-0.25, -0.2) is 0 Å². The summed E-state index contributed by atoms with van der Waals surface area (Å²) in [5.41, 5.74) is 2.05. The number of carbonyl (C=O) groups excluding carboxylic acids is 1. The van der Waals surface area contributed by atoms with Gasteiger partial charge in [0.05, 0.1) is 5.75 Å². The second-order valence-corrected chi connectivity index (χ2v) is 6.89. The summed E-state index contributed by atoms with van der Waals surface area (Å²) in [6.45, 7) is 5.00. The van der Waals surface area contributed by atoms with Gasteiger partial charge in [0.15, 0.2) is 0 Å². The van der Waals surface area contributed by atoms with E-state index >= 15 is 0 Å². The third-order valence-corrected chi connectivity index (χ3v) is 4.92. The second-order valence-electron chi connectivity index (χ2n) is 5.96. The molecule has 0 saturated carbocycles. The lowest BCUT2D eigenvalue weighted by atomic mass is 10.0. The largest absolute Gasteiger partial charge is 0.411 e. The number of benzene rings is 1. The maximum absolute atomic E-state index is 12.3. The summed E-state index contributed by atoms with van der Waals surface area (Å²) in [6, 6.07) is 8.26. The van der Waals surface area contributed by atoms with Gasteiger partial charge in [-0.1, -0.05) is 29.5 Å². The number of hydrogen-bond donors (Lipinski definition) is 0. The molecular formula is C17H21N3O2S. The Balaban J connectivity index is 1.60. The van der Waals surface area contributed by atoms with Gasteiger partial charge >= 0.3 is 0 Å². The van der Waals surface area contributed by atoms with Crippen LogP contribution in [0.3, 0.4) is 0 Å². The van der Waals surface area contributed by atoms with E-state index in [0.717, 1.165) is 30.5 Å². The summed E-state index contributed by atoms with van der Waals surface area (Å²) in [5.74, 6) is 0.993. The fraction of sp³-hybridized carbons (Fsp3) is 0.471. The highest BCUT2D eigenvalue weighted by Crippen LogP contribution is 2.25. The van der Waals surface area contributed by atoms with Crippen LogP contribution < -0.4 is 0 Å². The molecule has 0 spiro atoms. The van der Waals surface area contributed by atoms with Gasteiger partial charge < -0.3 is 9.32 Å². The van der Waals surface area contributed by atoms with Crippen LogP contribution in [0.25, 0.3) is 11.5 Å². The second kappa shape index (κ2) is 7.17.